The molecule has 6 heteroatoms. The molecule has 0 amide bonds. The van der Waals surface area contributed by atoms with Crippen molar-refractivity contribution in [3.63, 3.8) is 0 Å². The van der Waals surface area contributed by atoms with E-state index in [0.717, 1.165) is 0 Å². The number of rotatable bonds is 0. The number of aromatic nitrogens is 4. The van der Waals surface area contributed by atoms with Gasteiger partial charge in [0.05, 0.1) is 0 Å². The summed E-state index contributed by atoms with van der Waals surface area (Å²) in [7, 11) is 1.67. The Bertz CT molecular complexity index is 482. The number of hydrogen-bond donors (Lipinski definition) is 2. The topological polar surface area (TPSA) is 89.6 Å². The monoisotopic (exact) mass is 164 g/mol. The van der Waals surface area contributed by atoms with Gasteiger partial charge in [0, 0.05) is 7.05 Å². The molecule has 0 fully saturated rings. The van der Waals surface area contributed by atoms with E-state index in [1.165, 1.54) is 4.57 Å². The molecule has 0 atom stereocenters. The van der Waals surface area contributed by atoms with Crippen LogP contribution in [0.3, 0.4) is 0 Å². The van der Waals surface area contributed by atoms with E-state index in [0.29, 0.717) is 11.2 Å². The maximum atomic E-state index is 11.2. The van der Waals surface area contributed by atoms with E-state index in [9.17, 15) is 4.79 Å². The summed E-state index contributed by atoms with van der Waals surface area (Å²) in [6, 6.07) is 0. The van der Waals surface area contributed by atoms with Crippen LogP contribution in [0.1, 0.15) is 0 Å². The molecule has 0 aliphatic heterocycles. The number of hydrogen-bond acceptors (Lipinski definition) is 4. The van der Waals surface area contributed by atoms with Crippen LogP contribution in [0.15, 0.2) is 4.79 Å². The highest BCUT2D eigenvalue weighted by atomic mass is 16.1. The number of imidazole rings is 1. The van der Waals surface area contributed by atoms with E-state index in [2.05, 4.69) is 21.3 Å². The van der Waals surface area contributed by atoms with Crippen LogP contribution >= 0.6 is 0 Å². The highest BCUT2D eigenvalue weighted by Crippen LogP contribution is 2.01. The highest BCUT2D eigenvalue weighted by molar-refractivity contribution is 5.70. The van der Waals surface area contributed by atoms with Gasteiger partial charge in [0.1, 0.15) is 0 Å². The standard InChI is InChI=1S/C6H6N5O/c1-11-2-8-4-3(11)5(12)10-6(7)9-4/h1H3,(H3,7,9,10,12). The van der Waals surface area contributed by atoms with E-state index in [4.69, 9.17) is 5.73 Å². The predicted octanol–water partition coefficient (Wildman–Crippen LogP) is -0.961. The minimum Gasteiger partial charge on any atom is -0.369 e. The molecule has 0 spiro atoms. The van der Waals surface area contributed by atoms with Gasteiger partial charge in [0.15, 0.2) is 17.5 Å². The van der Waals surface area contributed by atoms with E-state index < -0.39 is 0 Å². The summed E-state index contributed by atoms with van der Waals surface area (Å²) >= 11 is 0. The van der Waals surface area contributed by atoms with E-state index in [1.54, 1.807) is 7.05 Å². The average Bonchev–Trinajstić information content (AvgIpc) is 2.31. The predicted molar refractivity (Wildman–Crippen MR) is 42.4 cm³/mol. The lowest BCUT2D eigenvalue weighted by atomic mass is 10.5. The molecule has 0 unspecified atom stereocenters. The molecule has 0 aliphatic carbocycles. The fourth-order valence-electron chi connectivity index (χ4n) is 1.02. The average molecular weight is 164 g/mol. The molecule has 2 aromatic rings. The number of H-pyrrole nitrogens is 1. The van der Waals surface area contributed by atoms with Crippen LogP contribution in [0.2, 0.25) is 0 Å². The van der Waals surface area contributed by atoms with E-state index >= 15 is 0 Å². The molecule has 6 nitrogen and oxygen atoms in total. The highest BCUT2D eigenvalue weighted by Gasteiger charge is 2.06. The third-order valence-corrected chi connectivity index (χ3v) is 1.54. The number of nitrogens with one attached hydrogen (secondary N) is 1. The fourth-order valence-corrected chi connectivity index (χ4v) is 1.02. The van der Waals surface area contributed by atoms with Crippen LogP contribution in [0.4, 0.5) is 5.95 Å². The SMILES string of the molecule is Cn1[c]nc2nc(N)[nH]c(=O)c21. The van der Waals surface area contributed by atoms with Crippen molar-refractivity contribution in [2.75, 3.05) is 5.73 Å². The third kappa shape index (κ3) is 0.777. The van der Waals surface area contributed by atoms with Crippen molar-refractivity contribution in [3.05, 3.63) is 16.7 Å². The Morgan fingerprint density at radius 3 is 3.17 bits per heavy atom. The number of fused-ring (bicyclic) bond motifs is 1. The van der Waals surface area contributed by atoms with E-state index in [-0.39, 0.29) is 11.5 Å². The molecule has 0 saturated carbocycles. The summed E-state index contributed by atoms with van der Waals surface area (Å²) in [6.45, 7) is 0. The number of nitrogen functional groups attached to an aromatic ring is 1. The van der Waals surface area contributed by atoms with Crippen molar-refractivity contribution in [1.29, 1.82) is 0 Å². The first-order valence-corrected chi connectivity index (χ1v) is 3.28. The Labute approximate surface area is 67.1 Å². The van der Waals surface area contributed by atoms with Crippen molar-refractivity contribution >= 4 is 17.1 Å². The van der Waals surface area contributed by atoms with Gasteiger partial charge in [-0.3, -0.25) is 9.78 Å². The normalized spacial score (nSPS) is 10.8. The van der Waals surface area contributed by atoms with Gasteiger partial charge in [-0.05, 0) is 0 Å². The van der Waals surface area contributed by atoms with Gasteiger partial charge in [0.25, 0.3) is 5.56 Å². The van der Waals surface area contributed by atoms with Crippen LogP contribution in [0.25, 0.3) is 11.2 Å². The number of nitrogens with two attached hydrogens (primary N) is 1. The zero-order valence-corrected chi connectivity index (χ0v) is 6.33. The molecule has 0 aromatic carbocycles. The summed E-state index contributed by atoms with van der Waals surface area (Å²) in [5.74, 6) is 0.0691. The van der Waals surface area contributed by atoms with Crippen LogP contribution < -0.4 is 11.3 Å². The Morgan fingerprint density at radius 2 is 2.42 bits per heavy atom. The minimum absolute atomic E-state index is 0.0691. The summed E-state index contributed by atoms with van der Waals surface area (Å²) in [6.07, 6.45) is 2.57. The lowest BCUT2D eigenvalue weighted by Gasteiger charge is -1.92. The Kier molecular flexibility index (Phi) is 1.18. The lowest BCUT2D eigenvalue weighted by Crippen LogP contribution is -2.13. The van der Waals surface area contributed by atoms with Gasteiger partial charge in [-0.25, -0.2) is 4.98 Å². The smallest absolute Gasteiger partial charge is 0.278 e. The quantitative estimate of drug-likeness (QED) is 0.524. The molecule has 61 valence electrons. The molecule has 0 saturated heterocycles. The van der Waals surface area contributed by atoms with Crippen LogP contribution in [0, 0.1) is 6.33 Å². The zero-order chi connectivity index (χ0) is 8.72. The maximum absolute atomic E-state index is 11.2. The fraction of sp³-hybridized carbons (Fsp3) is 0.167. The third-order valence-electron chi connectivity index (χ3n) is 1.54. The Morgan fingerprint density at radius 1 is 1.67 bits per heavy atom. The molecular weight excluding hydrogens is 158 g/mol. The summed E-state index contributed by atoms with van der Waals surface area (Å²) < 4.78 is 1.47. The number of nitrogens with zero attached hydrogens (tertiary/aromatic N) is 3. The molecule has 2 rings (SSSR count). The first kappa shape index (κ1) is 6.84. The second-order valence-corrected chi connectivity index (χ2v) is 2.39. The van der Waals surface area contributed by atoms with Gasteiger partial charge in [-0.15, -0.1) is 0 Å². The van der Waals surface area contributed by atoms with Gasteiger partial charge >= 0.3 is 0 Å². The largest absolute Gasteiger partial charge is 0.369 e. The Hall–Kier alpha value is -1.85. The molecule has 12 heavy (non-hydrogen) atoms. The molecule has 1 radical (unpaired) electrons. The molecule has 2 aromatic heterocycles. The molecule has 3 N–H and O–H groups in total. The maximum Gasteiger partial charge on any atom is 0.278 e. The first-order valence-electron chi connectivity index (χ1n) is 3.28. The molecule has 0 aliphatic rings. The van der Waals surface area contributed by atoms with Gasteiger partial charge in [0.2, 0.25) is 5.95 Å². The van der Waals surface area contributed by atoms with Crippen LogP contribution in [0.5, 0.6) is 0 Å². The van der Waals surface area contributed by atoms with Crippen molar-refractivity contribution in [3.8, 4) is 0 Å². The number of aromatic amines is 1. The summed E-state index contributed by atoms with van der Waals surface area (Å²) in [4.78, 5) is 21.2. The summed E-state index contributed by atoms with van der Waals surface area (Å²) in [5.41, 5.74) is 5.70. The summed E-state index contributed by atoms with van der Waals surface area (Å²) in [5, 5.41) is 0. The second kappa shape index (κ2) is 2.07. The van der Waals surface area contributed by atoms with Crippen molar-refractivity contribution < 1.29 is 0 Å². The van der Waals surface area contributed by atoms with E-state index in [1.807, 2.05) is 0 Å². The van der Waals surface area contributed by atoms with Crippen molar-refractivity contribution in [2.24, 2.45) is 7.05 Å². The zero-order valence-electron chi connectivity index (χ0n) is 6.33. The van der Waals surface area contributed by atoms with Crippen molar-refractivity contribution in [2.45, 2.75) is 0 Å². The Balaban J connectivity index is 3.03. The minimum atomic E-state index is -0.297. The van der Waals surface area contributed by atoms with Gasteiger partial charge < -0.3 is 10.3 Å². The molecular formula is C6H6N5O. The van der Waals surface area contributed by atoms with Crippen LogP contribution in [-0.4, -0.2) is 19.5 Å². The van der Waals surface area contributed by atoms with Gasteiger partial charge in [-0.1, -0.05) is 0 Å². The second-order valence-electron chi connectivity index (χ2n) is 2.39. The first-order chi connectivity index (χ1) is 5.68. The van der Waals surface area contributed by atoms with Crippen LogP contribution in [-0.2, 0) is 7.05 Å². The van der Waals surface area contributed by atoms with Gasteiger partial charge in [-0.2, -0.15) is 4.98 Å². The number of anilines is 1. The molecule has 0 bridgehead atoms. The lowest BCUT2D eigenvalue weighted by molar-refractivity contribution is 0.928. The number of aryl methyl sites for hydroxylation is 1. The van der Waals surface area contributed by atoms with Crippen molar-refractivity contribution in [1.82, 2.24) is 19.5 Å². The molecule has 2 heterocycles.